The highest BCUT2D eigenvalue weighted by atomic mass is 32.2. The Bertz CT molecular complexity index is 1450. The van der Waals surface area contributed by atoms with Crippen LogP contribution in [0.2, 0.25) is 0 Å². The fraction of sp³-hybridized carbons (Fsp3) is 0.286. The minimum atomic E-state index is -0.616. The molecule has 0 saturated heterocycles. The molecule has 0 spiro atoms. The largest absolute Gasteiger partial charge is 0.454 e. The molecule has 204 valence electrons. The first-order chi connectivity index (χ1) is 19.5. The van der Waals surface area contributed by atoms with E-state index in [0.717, 1.165) is 31.2 Å². The molecule has 0 bridgehead atoms. The molecule has 40 heavy (non-hydrogen) atoms. The average Bonchev–Trinajstić information content (AvgIpc) is 3.35. The van der Waals surface area contributed by atoms with Crippen LogP contribution in [0.25, 0.3) is 0 Å². The van der Waals surface area contributed by atoms with Gasteiger partial charge in [-0.05, 0) is 37.1 Å². The number of ether oxygens (including phenoxy) is 1. The van der Waals surface area contributed by atoms with Crippen LogP contribution in [0, 0.1) is 0 Å². The Morgan fingerprint density at radius 3 is 2.48 bits per heavy atom. The predicted octanol–water partition coefficient (Wildman–Crippen LogP) is 3.77. The molecule has 1 saturated carbocycles. The summed E-state index contributed by atoms with van der Waals surface area (Å²) in [5.41, 5.74) is 1.33. The number of hydrogen-bond donors (Lipinski definition) is 3. The fourth-order valence-corrected chi connectivity index (χ4v) is 6.54. The molecule has 3 aromatic rings. The number of urea groups is 1. The minimum Gasteiger partial charge on any atom is -0.454 e. The zero-order valence-electron chi connectivity index (χ0n) is 21.4. The molecule has 0 radical (unpaired) electrons. The fourth-order valence-electron chi connectivity index (χ4n) is 5.31. The van der Waals surface area contributed by atoms with Crippen LogP contribution in [0.3, 0.4) is 0 Å². The lowest BCUT2D eigenvalue weighted by Crippen LogP contribution is -2.56. The van der Waals surface area contributed by atoms with E-state index in [1.165, 1.54) is 35.1 Å². The normalized spacial score (nSPS) is 23.0. The third kappa shape index (κ3) is 4.97. The van der Waals surface area contributed by atoms with Crippen LogP contribution in [-0.2, 0) is 9.59 Å². The lowest BCUT2D eigenvalue weighted by atomic mass is 9.89. The molecule has 12 heteroatoms. The zero-order valence-corrected chi connectivity index (χ0v) is 22.3. The number of carbonyl (C=O) groups is 3. The quantitative estimate of drug-likeness (QED) is 0.373. The molecule has 1 fully saturated rings. The summed E-state index contributed by atoms with van der Waals surface area (Å²) in [6.07, 6.45) is 9.33. The van der Waals surface area contributed by atoms with Gasteiger partial charge in [0.05, 0.1) is 24.1 Å². The number of benzene rings is 1. The monoisotopic (exact) mass is 557 g/mol. The molecular weight excluding hydrogens is 530 g/mol. The van der Waals surface area contributed by atoms with Crippen LogP contribution < -0.4 is 25.6 Å². The van der Waals surface area contributed by atoms with E-state index in [0.29, 0.717) is 22.2 Å². The van der Waals surface area contributed by atoms with Gasteiger partial charge in [0, 0.05) is 23.8 Å². The average molecular weight is 558 g/mol. The molecule has 6 rings (SSSR count). The van der Waals surface area contributed by atoms with Crippen molar-refractivity contribution in [3.63, 3.8) is 0 Å². The second-order valence-electron chi connectivity index (χ2n) is 9.70. The van der Waals surface area contributed by atoms with Crippen LogP contribution in [0.4, 0.5) is 16.4 Å². The van der Waals surface area contributed by atoms with Crippen LogP contribution in [0.5, 0.6) is 11.5 Å². The predicted molar refractivity (Wildman–Crippen MR) is 148 cm³/mol. The third-order valence-electron chi connectivity index (χ3n) is 7.16. The summed E-state index contributed by atoms with van der Waals surface area (Å²) in [5.74, 6) is 0.780. The molecule has 2 aliphatic heterocycles. The van der Waals surface area contributed by atoms with E-state index in [4.69, 9.17) is 4.74 Å². The molecule has 1 aromatic carbocycles. The summed E-state index contributed by atoms with van der Waals surface area (Å²) in [6, 6.07) is 9.60. The Kier molecular flexibility index (Phi) is 7.08. The molecule has 4 amide bonds. The van der Waals surface area contributed by atoms with Crippen molar-refractivity contribution >= 4 is 41.2 Å². The molecule has 2 aromatic heterocycles. The molecule has 2 unspecified atom stereocenters. The van der Waals surface area contributed by atoms with Crippen molar-refractivity contribution in [2.24, 2.45) is 0 Å². The lowest BCUT2D eigenvalue weighted by molar-refractivity contribution is -0.123. The summed E-state index contributed by atoms with van der Waals surface area (Å²) in [5, 5.41) is 9.08. The number of rotatable bonds is 7. The second-order valence-corrected chi connectivity index (χ2v) is 10.8. The van der Waals surface area contributed by atoms with E-state index in [1.807, 2.05) is 30.3 Å². The Balaban J connectivity index is 1.21. The van der Waals surface area contributed by atoms with Crippen molar-refractivity contribution in [2.75, 3.05) is 4.90 Å². The van der Waals surface area contributed by atoms with Gasteiger partial charge in [0.1, 0.15) is 16.0 Å². The third-order valence-corrected chi connectivity index (χ3v) is 8.45. The van der Waals surface area contributed by atoms with E-state index < -0.39 is 17.3 Å². The van der Waals surface area contributed by atoms with Crippen LogP contribution in [0.15, 0.2) is 72.7 Å². The maximum atomic E-state index is 13.5. The van der Waals surface area contributed by atoms with Crippen molar-refractivity contribution in [1.29, 1.82) is 0 Å². The van der Waals surface area contributed by atoms with E-state index in [9.17, 15) is 14.4 Å². The first kappa shape index (κ1) is 25.8. The summed E-state index contributed by atoms with van der Waals surface area (Å²) < 4.78 is 5.77. The Hall–Kier alpha value is -4.45. The van der Waals surface area contributed by atoms with Crippen molar-refractivity contribution in [3.8, 4) is 11.5 Å². The number of hydrogen-bond acceptors (Lipinski definition) is 8. The van der Waals surface area contributed by atoms with Crippen molar-refractivity contribution in [1.82, 2.24) is 30.9 Å². The molecule has 4 atom stereocenters. The number of carbonyl (C=O) groups excluding carboxylic acids is 3. The van der Waals surface area contributed by atoms with Gasteiger partial charge in [-0.1, -0.05) is 49.4 Å². The molecular formula is C28H27N7O4S. The summed E-state index contributed by atoms with van der Waals surface area (Å²) >= 11 is 1.31. The van der Waals surface area contributed by atoms with Crippen molar-refractivity contribution in [3.05, 3.63) is 73.2 Å². The summed E-state index contributed by atoms with van der Waals surface area (Å²) in [7, 11) is 0. The number of pyridine rings is 1. The van der Waals surface area contributed by atoms with Gasteiger partial charge >= 0.3 is 6.03 Å². The minimum absolute atomic E-state index is 0.172. The van der Waals surface area contributed by atoms with Crippen LogP contribution >= 0.6 is 11.8 Å². The number of amides is 4. The number of thioether (sulfide) groups is 1. The number of aromatic nitrogens is 3. The van der Waals surface area contributed by atoms with Gasteiger partial charge < -0.3 is 20.7 Å². The van der Waals surface area contributed by atoms with E-state index in [2.05, 4.69) is 37.5 Å². The number of para-hydroxylation sites is 1. The molecule has 3 aliphatic rings. The zero-order chi connectivity index (χ0) is 27.6. The second kappa shape index (κ2) is 11.0. The van der Waals surface area contributed by atoms with Gasteiger partial charge in [0.2, 0.25) is 17.8 Å². The highest BCUT2D eigenvalue weighted by Crippen LogP contribution is 2.50. The number of anilines is 2. The Morgan fingerprint density at radius 2 is 1.75 bits per heavy atom. The number of nitrogens with one attached hydrogen (secondary N) is 3. The Morgan fingerprint density at radius 1 is 1.02 bits per heavy atom. The van der Waals surface area contributed by atoms with Gasteiger partial charge in [0.15, 0.2) is 5.75 Å². The molecule has 11 nitrogen and oxygen atoms in total. The van der Waals surface area contributed by atoms with Crippen molar-refractivity contribution in [2.45, 2.75) is 54.1 Å². The SMILES string of the molecule is C=CC(=O)N[C@H]1CCCC[C@H]1NC(=O)C1Sc2nccc3c2C1NC(=O)N3c1ncc(Oc2ccccc2)cn1. The van der Waals surface area contributed by atoms with Gasteiger partial charge in [-0.2, -0.15) is 0 Å². The highest BCUT2D eigenvalue weighted by molar-refractivity contribution is 8.01. The van der Waals surface area contributed by atoms with Crippen molar-refractivity contribution < 1.29 is 19.1 Å². The van der Waals surface area contributed by atoms with E-state index >= 15 is 0 Å². The summed E-state index contributed by atoms with van der Waals surface area (Å²) in [6.45, 7) is 3.52. The maximum absolute atomic E-state index is 13.5. The van der Waals surface area contributed by atoms with Gasteiger partial charge in [-0.25, -0.2) is 24.6 Å². The maximum Gasteiger partial charge on any atom is 0.329 e. The lowest BCUT2D eigenvalue weighted by Gasteiger charge is -2.35. The smallest absolute Gasteiger partial charge is 0.329 e. The molecule has 4 heterocycles. The highest BCUT2D eigenvalue weighted by Gasteiger charge is 2.47. The topological polar surface area (TPSA) is 138 Å². The van der Waals surface area contributed by atoms with Gasteiger partial charge in [0.25, 0.3) is 0 Å². The van der Waals surface area contributed by atoms with Crippen LogP contribution in [-0.4, -0.2) is 50.1 Å². The van der Waals surface area contributed by atoms with E-state index in [1.54, 1.807) is 12.3 Å². The van der Waals surface area contributed by atoms with E-state index in [-0.39, 0.29) is 29.8 Å². The molecule has 1 aliphatic carbocycles. The summed E-state index contributed by atoms with van der Waals surface area (Å²) in [4.78, 5) is 53.5. The van der Waals surface area contributed by atoms with Gasteiger partial charge in [-0.15, -0.1) is 0 Å². The first-order valence-electron chi connectivity index (χ1n) is 13.1. The Labute approximate surface area is 234 Å². The van der Waals surface area contributed by atoms with Crippen LogP contribution in [0.1, 0.15) is 37.3 Å². The standard InChI is InChI=1S/C28H27N7O4S/c1-2-21(36)32-18-10-6-7-11-19(18)33-25(37)24-23-22-20(12-13-29-26(22)40-24)35(28(38)34-23)27-30-14-17(15-31-27)39-16-8-4-3-5-9-16/h2-5,8-9,12-15,18-19,23-24H,1,6-7,10-11H2,(H,32,36)(H,33,37)(H,34,38)/t18-,19+,23?,24?/m0/s1. The van der Waals surface area contributed by atoms with Gasteiger partial charge in [-0.3, -0.25) is 9.59 Å². The molecule has 3 N–H and O–H groups in total. The number of nitrogens with zero attached hydrogens (tertiary/aromatic N) is 4. The first-order valence-corrected chi connectivity index (χ1v) is 13.9.